The van der Waals surface area contributed by atoms with Gasteiger partial charge in [-0.1, -0.05) is 18.2 Å². The van der Waals surface area contributed by atoms with E-state index in [0.717, 1.165) is 0 Å². The minimum atomic E-state index is -5.08. The van der Waals surface area contributed by atoms with Gasteiger partial charge in [-0.25, -0.2) is 18.0 Å². The molecule has 12 nitrogen and oxygen atoms in total. The fourth-order valence-electron chi connectivity index (χ4n) is 4.07. The number of carbonyl (C=O) groups is 3. The molecule has 16 heteroatoms. The number of piperazine rings is 1. The lowest BCUT2D eigenvalue weighted by Crippen LogP contribution is -2.51. The van der Waals surface area contributed by atoms with Crippen LogP contribution in [0, 0.1) is 0 Å². The fraction of sp³-hybridized carbons (Fsp3) is 0.400. The summed E-state index contributed by atoms with van der Waals surface area (Å²) in [6, 6.07) is 12.5. The maximum absolute atomic E-state index is 12.6. The van der Waals surface area contributed by atoms with E-state index in [1.807, 2.05) is 9.80 Å². The lowest BCUT2D eigenvalue weighted by atomic mass is 10.1. The van der Waals surface area contributed by atoms with Gasteiger partial charge in [-0.05, 0) is 30.3 Å². The van der Waals surface area contributed by atoms with E-state index in [2.05, 4.69) is 9.62 Å². The SMILES string of the molecule is O=C(O)C(F)(F)F.O=C(O)c1cc(N2CCN(CC(=O)N3CCOCC3)CC2)ccc1NS(=O)(=O)c1ccccc1. The summed E-state index contributed by atoms with van der Waals surface area (Å²) in [5, 5.41) is 16.8. The Bertz CT molecular complexity index is 1330. The number of hydrogen-bond acceptors (Lipinski definition) is 8. The summed E-state index contributed by atoms with van der Waals surface area (Å²) < 4.78 is 64.7. The third kappa shape index (κ3) is 9.06. The number of aliphatic carboxylic acids is 1. The molecule has 2 aromatic rings. The number of carboxylic acid groups (broad SMARTS) is 2. The second kappa shape index (κ2) is 13.6. The average Bonchev–Trinajstić information content (AvgIpc) is 2.94. The van der Waals surface area contributed by atoms with Gasteiger partial charge in [0.2, 0.25) is 5.91 Å². The highest BCUT2D eigenvalue weighted by atomic mass is 32.2. The van der Waals surface area contributed by atoms with Crippen LogP contribution in [0.3, 0.4) is 0 Å². The molecular weight excluding hydrogens is 573 g/mol. The molecule has 2 heterocycles. The Morgan fingerprint density at radius 3 is 2.02 bits per heavy atom. The monoisotopic (exact) mass is 602 g/mol. The van der Waals surface area contributed by atoms with Crippen molar-refractivity contribution in [3.63, 3.8) is 0 Å². The lowest BCUT2D eigenvalue weighted by molar-refractivity contribution is -0.192. The minimum absolute atomic E-state index is 0.00912. The zero-order valence-electron chi connectivity index (χ0n) is 21.7. The summed E-state index contributed by atoms with van der Waals surface area (Å²) in [5.41, 5.74) is 0.580. The van der Waals surface area contributed by atoms with E-state index in [1.165, 1.54) is 24.3 Å². The first-order valence-electron chi connectivity index (χ1n) is 12.4. The van der Waals surface area contributed by atoms with Gasteiger partial charge in [-0.2, -0.15) is 13.2 Å². The molecule has 0 saturated carbocycles. The molecule has 3 N–H and O–H groups in total. The number of nitrogens with one attached hydrogen (secondary N) is 1. The van der Waals surface area contributed by atoms with Gasteiger partial charge in [-0.15, -0.1) is 0 Å². The molecule has 0 spiro atoms. The van der Waals surface area contributed by atoms with Gasteiger partial charge < -0.3 is 24.7 Å². The Balaban J connectivity index is 0.000000587. The molecule has 2 aliphatic heterocycles. The summed E-state index contributed by atoms with van der Waals surface area (Å²) in [6.07, 6.45) is -5.08. The highest BCUT2D eigenvalue weighted by Gasteiger charge is 2.38. The van der Waals surface area contributed by atoms with E-state index in [9.17, 15) is 36.3 Å². The van der Waals surface area contributed by atoms with Gasteiger partial charge in [0.15, 0.2) is 0 Å². The molecule has 224 valence electrons. The van der Waals surface area contributed by atoms with Gasteiger partial charge in [0.25, 0.3) is 10.0 Å². The Hall–Kier alpha value is -3.89. The topological polar surface area (TPSA) is 157 Å². The number of alkyl halides is 3. The first-order valence-corrected chi connectivity index (χ1v) is 13.8. The van der Waals surface area contributed by atoms with E-state index in [4.69, 9.17) is 14.6 Å². The standard InChI is InChI=1S/C23H28N4O6S.C2HF3O2/c28-22(27-12-14-33-15-13-27)17-25-8-10-26(11-9-25)18-6-7-21(20(16-18)23(29)30)24-34(31,32)19-4-2-1-3-5-19;3-2(4,5)1(6)7/h1-7,16,24H,8-15,17H2,(H,29,30);(H,6,7). The van der Waals surface area contributed by atoms with Gasteiger partial charge in [0.1, 0.15) is 0 Å². The molecule has 1 amide bonds. The summed E-state index contributed by atoms with van der Waals surface area (Å²) >= 11 is 0. The van der Waals surface area contributed by atoms with Crippen LogP contribution in [0.1, 0.15) is 10.4 Å². The molecule has 0 radical (unpaired) electrons. The number of hydrogen-bond donors (Lipinski definition) is 3. The molecule has 0 aromatic heterocycles. The van der Waals surface area contributed by atoms with Crippen molar-refractivity contribution < 1.29 is 50.9 Å². The number of morpholine rings is 1. The zero-order valence-corrected chi connectivity index (χ0v) is 22.5. The Morgan fingerprint density at radius 2 is 1.49 bits per heavy atom. The van der Waals surface area contributed by atoms with Crippen molar-refractivity contribution in [2.75, 3.05) is 68.6 Å². The molecule has 2 aromatic carbocycles. The van der Waals surface area contributed by atoms with Crippen LogP contribution in [-0.2, 0) is 24.3 Å². The number of amides is 1. The number of halogens is 3. The Kier molecular flexibility index (Phi) is 10.5. The van der Waals surface area contributed by atoms with E-state index >= 15 is 0 Å². The van der Waals surface area contributed by atoms with Crippen LogP contribution >= 0.6 is 0 Å². The molecule has 0 atom stereocenters. The van der Waals surface area contributed by atoms with Crippen molar-refractivity contribution in [2.24, 2.45) is 0 Å². The first kappa shape index (κ1) is 31.6. The average molecular weight is 603 g/mol. The number of carbonyl (C=O) groups excluding carboxylic acids is 1. The molecule has 41 heavy (non-hydrogen) atoms. The number of sulfonamides is 1. The van der Waals surface area contributed by atoms with Gasteiger partial charge in [-0.3, -0.25) is 14.4 Å². The van der Waals surface area contributed by atoms with Crippen LogP contribution in [0.25, 0.3) is 0 Å². The van der Waals surface area contributed by atoms with E-state index < -0.39 is 28.1 Å². The summed E-state index contributed by atoms with van der Waals surface area (Å²) in [5.74, 6) is -3.88. The molecule has 2 saturated heterocycles. The van der Waals surface area contributed by atoms with Gasteiger partial charge >= 0.3 is 18.1 Å². The van der Waals surface area contributed by atoms with Crippen LogP contribution in [-0.4, -0.2) is 111 Å². The minimum Gasteiger partial charge on any atom is -0.478 e. The van der Waals surface area contributed by atoms with Crippen molar-refractivity contribution in [2.45, 2.75) is 11.1 Å². The third-order valence-electron chi connectivity index (χ3n) is 6.23. The number of anilines is 2. The number of benzene rings is 2. The van der Waals surface area contributed by atoms with Crippen LogP contribution in [0.4, 0.5) is 24.5 Å². The predicted octanol–water partition coefficient (Wildman–Crippen LogP) is 1.80. The second-order valence-electron chi connectivity index (χ2n) is 9.01. The smallest absolute Gasteiger partial charge is 0.478 e. The Morgan fingerprint density at radius 1 is 0.902 bits per heavy atom. The van der Waals surface area contributed by atoms with Crippen molar-refractivity contribution in [1.82, 2.24) is 9.80 Å². The van der Waals surface area contributed by atoms with E-state index in [1.54, 1.807) is 24.3 Å². The number of ether oxygens (including phenoxy) is 1. The Labute approximate surface area is 234 Å². The molecule has 0 bridgehead atoms. The molecule has 0 unspecified atom stereocenters. The van der Waals surface area contributed by atoms with Crippen LogP contribution < -0.4 is 9.62 Å². The number of nitrogens with zero attached hydrogens (tertiary/aromatic N) is 3. The number of rotatable bonds is 7. The predicted molar refractivity (Wildman–Crippen MR) is 140 cm³/mol. The van der Waals surface area contributed by atoms with E-state index in [-0.39, 0.29) is 22.1 Å². The van der Waals surface area contributed by atoms with Crippen LogP contribution in [0.15, 0.2) is 53.4 Å². The molecule has 4 rings (SSSR count). The van der Waals surface area contributed by atoms with Crippen molar-refractivity contribution in [1.29, 1.82) is 0 Å². The largest absolute Gasteiger partial charge is 0.490 e. The number of aromatic carboxylic acids is 1. The number of carboxylic acids is 2. The van der Waals surface area contributed by atoms with Crippen LogP contribution in [0.5, 0.6) is 0 Å². The summed E-state index contributed by atoms with van der Waals surface area (Å²) in [6.45, 7) is 5.34. The van der Waals surface area contributed by atoms with Crippen molar-refractivity contribution in [3.05, 3.63) is 54.1 Å². The van der Waals surface area contributed by atoms with Crippen molar-refractivity contribution in [3.8, 4) is 0 Å². The summed E-state index contributed by atoms with van der Waals surface area (Å²) in [7, 11) is -3.91. The van der Waals surface area contributed by atoms with Crippen molar-refractivity contribution >= 4 is 39.2 Å². The third-order valence-corrected chi connectivity index (χ3v) is 7.62. The van der Waals surface area contributed by atoms with E-state index in [0.29, 0.717) is 64.7 Å². The summed E-state index contributed by atoms with van der Waals surface area (Å²) in [4.78, 5) is 39.3. The molecule has 2 fully saturated rings. The highest BCUT2D eigenvalue weighted by Crippen LogP contribution is 2.27. The normalized spacial score (nSPS) is 16.4. The highest BCUT2D eigenvalue weighted by molar-refractivity contribution is 7.92. The lowest BCUT2D eigenvalue weighted by Gasteiger charge is -2.37. The molecule has 2 aliphatic rings. The van der Waals surface area contributed by atoms with Crippen LogP contribution in [0.2, 0.25) is 0 Å². The maximum atomic E-state index is 12.6. The zero-order chi connectivity index (χ0) is 30.2. The van der Waals surface area contributed by atoms with Gasteiger partial charge in [0.05, 0.1) is 35.9 Å². The fourth-order valence-corrected chi connectivity index (χ4v) is 5.17. The molecular formula is C25H29F3N4O8S. The maximum Gasteiger partial charge on any atom is 0.490 e. The molecule has 0 aliphatic carbocycles. The quantitative estimate of drug-likeness (QED) is 0.427. The first-order chi connectivity index (χ1) is 19.3. The second-order valence-corrected chi connectivity index (χ2v) is 10.7. The van der Waals surface area contributed by atoms with Gasteiger partial charge in [0, 0.05) is 45.0 Å².